The molecule has 1 aromatic rings. The summed E-state index contributed by atoms with van der Waals surface area (Å²) in [6.07, 6.45) is 6.57. The number of ether oxygens (including phenoxy) is 1. The summed E-state index contributed by atoms with van der Waals surface area (Å²) < 4.78 is 5.32. The molecule has 0 spiro atoms. The Morgan fingerprint density at radius 3 is 2.72 bits per heavy atom. The highest BCUT2D eigenvalue weighted by Crippen LogP contribution is 2.36. The maximum Gasteiger partial charge on any atom is 0.199 e. The van der Waals surface area contributed by atoms with Crippen LogP contribution in [-0.2, 0) is 0 Å². The monoisotopic (exact) mass is 269 g/mol. The number of anilines is 1. The van der Waals surface area contributed by atoms with Gasteiger partial charge < -0.3 is 9.64 Å². The van der Waals surface area contributed by atoms with Crippen LogP contribution in [0.3, 0.4) is 0 Å². The molecule has 1 heterocycles. The maximum atomic E-state index is 6.05. The molecule has 1 aliphatic carbocycles. The Morgan fingerprint density at radius 1 is 1.33 bits per heavy atom. The molecule has 2 rings (SSSR count). The largest absolute Gasteiger partial charge is 0.490 e. The first-order valence-corrected chi connectivity index (χ1v) is 6.80. The molecule has 1 aliphatic rings. The summed E-state index contributed by atoms with van der Waals surface area (Å²) in [5.74, 6) is 2.03. The highest BCUT2D eigenvalue weighted by molar-refractivity contribution is 6.31. The fourth-order valence-electron chi connectivity index (χ4n) is 2.80. The molecule has 2 atom stereocenters. The Kier molecular flexibility index (Phi) is 4.27. The van der Waals surface area contributed by atoms with Gasteiger partial charge >= 0.3 is 0 Å². The molecule has 1 aromatic heterocycles. The molecule has 0 N–H and O–H groups in total. The quantitative estimate of drug-likeness (QED) is 0.790. The van der Waals surface area contributed by atoms with Crippen LogP contribution >= 0.6 is 11.6 Å². The number of hydrogen-bond donors (Lipinski definition) is 0. The Bertz CT molecular complexity index is 413. The Balaban J connectivity index is 2.27. The lowest BCUT2D eigenvalue weighted by atomic mass is 9.85. The molecular weight excluding hydrogens is 250 g/mol. The van der Waals surface area contributed by atoms with Gasteiger partial charge in [0.1, 0.15) is 6.33 Å². The molecule has 1 saturated carbocycles. The number of aromatic nitrogens is 2. The number of methoxy groups -OCH3 is 1. The van der Waals surface area contributed by atoms with Crippen LogP contribution in [0, 0.1) is 5.92 Å². The minimum atomic E-state index is 0.373. The fourth-order valence-corrected chi connectivity index (χ4v) is 3.00. The molecule has 0 radical (unpaired) electrons. The van der Waals surface area contributed by atoms with Gasteiger partial charge in [0.05, 0.1) is 7.11 Å². The van der Waals surface area contributed by atoms with E-state index in [2.05, 4.69) is 28.8 Å². The van der Waals surface area contributed by atoms with Gasteiger partial charge in [0.25, 0.3) is 0 Å². The van der Waals surface area contributed by atoms with Crippen molar-refractivity contribution in [3.8, 4) is 5.75 Å². The number of halogens is 1. The molecule has 0 saturated heterocycles. The third kappa shape index (κ3) is 2.53. The molecule has 0 bridgehead atoms. The predicted octanol–water partition coefficient (Wildman–Crippen LogP) is 3.15. The van der Waals surface area contributed by atoms with Crippen molar-refractivity contribution in [3.05, 3.63) is 11.5 Å². The normalized spacial score (nSPS) is 23.8. The zero-order chi connectivity index (χ0) is 13.1. The van der Waals surface area contributed by atoms with Gasteiger partial charge in [-0.25, -0.2) is 9.97 Å². The van der Waals surface area contributed by atoms with Gasteiger partial charge in [-0.3, -0.25) is 0 Å². The summed E-state index contributed by atoms with van der Waals surface area (Å²) in [5, 5.41) is 0.373. The van der Waals surface area contributed by atoms with Crippen LogP contribution in [0.25, 0.3) is 0 Å². The van der Waals surface area contributed by atoms with Crippen molar-refractivity contribution >= 4 is 17.4 Å². The summed E-state index contributed by atoms with van der Waals surface area (Å²) in [6, 6.07) is 0.499. The Morgan fingerprint density at radius 2 is 2.06 bits per heavy atom. The van der Waals surface area contributed by atoms with Gasteiger partial charge in [0.2, 0.25) is 0 Å². The van der Waals surface area contributed by atoms with E-state index in [4.69, 9.17) is 16.3 Å². The highest BCUT2D eigenvalue weighted by Gasteiger charge is 2.28. The molecule has 0 aromatic carbocycles. The van der Waals surface area contributed by atoms with E-state index in [0.717, 1.165) is 5.82 Å². The molecule has 0 aliphatic heterocycles. The first-order chi connectivity index (χ1) is 8.65. The molecule has 18 heavy (non-hydrogen) atoms. The number of rotatable bonds is 3. The van der Waals surface area contributed by atoms with E-state index in [9.17, 15) is 0 Å². The van der Waals surface area contributed by atoms with Crippen molar-refractivity contribution in [2.45, 2.75) is 38.6 Å². The van der Waals surface area contributed by atoms with E-state index in [1.807, 2.05) is 0 Å². The van der Waals surface area contributed by atoms with Gasteiger partial charge in [-0.2, -0.15) is 0 Å². The zero-order valence-electron chi connectivity index (χ0n) is 11.2. The van der Waals surface area contributed by atoms with E-state index < -0.39 is 0 Å². The lowest BCUT2D eigenvalue weighted by Crippen LogP contribution is -2.39. The van der Waals surface area contributed by atoms with Crippen molar-refractivity contribution in [2.75, 3.05) is 19.1 Å². The van der Waals surface area contributed by atoms with Gasteiger partial charge in [-0.1, -0.05) is 31.4 Å². The second kappa shape index (κ2) is 5.74. The van der Waals surface area contributed by atoms with Crippen LogP contribution in [0.4, 0.5) is 5.82 Å². The lowest BCUT2D eigenvalue weighted by molar-refractivity contribution is 0.317. The van der Waals surface area contributed by atoms with Gasteiger partial charge in [0.15, 0.2) is 16.7 Å². The summed E-state index contributed by atoms with van der Waals surface area (Å²) in [5.41, 5.74) is 0. The molecule has 4 nitrogen and oxygen atoms in total. The van der Waals surface area contributed by atoms with Crippen LogP contribution in [0.1, 0.15) is 32.6 Å². The van der Waals surface area contributed by atoms with E-state index in [0.29, 0.717) is 22.9 Å². The maximum absolute atomic E-state index is 6.05. The fraction of sp³-hybridized carbons (Fsp3) is 0.692. The predicted molar refractivity (Wildman–Crippen MR) is 73.4 cm³/mol. The average molecular weight is 270 g/mol. The number of hydrogen-bond acceptors (Lipinski definition) is 4. The topological polar surface area (TPSA) is 38.3 Å². The van der Waals surface area contributed by atoms with Crippen molar-refractivity contribution < 1.29 is 4.74 Å². The van der Waals surface area contributed by atoms with E-state index in [1.165, 1.54) is 32.0 Å². The van der Waals surface area contributed by atoms with E-state index >= 15 is 0 Å². The highest BCUT2D eigenvalue weighted by atomic mass is 35.5. The van der Waals surface area contributed by atoms with Crippen molar-refractivity contribution in [2.24, 2.45) is 5.92 Å². The van der Waals surface area contributed by atoms with Crippen molar-refractivity contribution in [3.63, 3.8) is 0 Å². The average Bonchev–Trinajstić information content (AvgIpc) is 2.38. The van der Waals surface area contributed by atoms with Crippen LogP contribution in [0.15, 0.2) is 6.33 Å². The first-order valence-electron chi connectivity index (χ1n) is 6.42. The first kappa shape index (κ1) is 13.4. The molecule has 100 valence electrons. The second-order valence-electron chi connectivity index (χ2n) is 4.96. The van der Waals surface area contributed by atoms with E-state index in [-0.39, 0.29) is 0 Å². The van der Waals surface area contributed by atoms with Gasteiger partial charge in [0, 0.05) is 13.1 Å². The minimum Gasteiger partial charge on any atom is -0.490 e. The van der Waals surface area contributed by atoms with Crippen molar-refractivity contribution in [1.29, 1.82) is 0 Å². The van der Waals surface area contributed by atoms with E-state index in [1.54, 1.807) is 7.11 Å². The van der Waals surface area contributed by atoms with Crippen LogP contribution in [-0.4, -0.2) is 30.2 Å². The van der Waals surface area contributed by atoms with Gasteiger partial charge in [-0.15, -0.1) is 0 Å². The summed E-state index contributed by atoms with van der Waals surface area (Å²) in [6.45, 7) is 2.30. The Hall–Kier alpha value is -1.03. The summed E-state index contributed by atoms with van der Waals surface area (Å²) >= 11 is 6.05. The lowest BCUT2D eigenvalue weighted by Gasteiger charge is -2.37. The minimum absolute atomic E-state index is 0.373. The third-order valence-corrected chi connectivity index (χ3v) is 4.11. The molecule has 1 fully saturated rings. The van der Waals surface area contributed by atoms with Crippen LogP contribution < -0.4 is 9.64 Å². The zero-order valence-corrected chi connectivity index (χ0v) is 11.9. The molecular formula is C13H20ClN3O. The molecule has 5 heteroatoms. The summed E-state index contributed by atoms with van der Waals surface area (Å²) in [7, 11) is 3.67. The molecule has 2 unspecified atom stereocenters. The van der Waals surface area contributed by atoms with Gasteiger partial charge in [-0.05, 0) is 18.8 Å². The molecule has 0 amide bonds. The SMILES string of the molecule is COc1c(Cl)ncnc1N(C)C1CCCCC1C. The smallest absolute Gasteiger partial charge is 0.199 e. The Labute approximate surface area is 113 Å². The summed E-state index contributed by atoms with van der Waals surface area (Å²) in [4.78, 5) is 10.5. The standard InChI is InChI=1S/C13H20ClN3O/c1-9-6-4-5-7-10(9)17(2)13-11(18-3)12(14)15-8-16-13/h8-10H,4-7H2,1-3H3. The third-order valence-electron chi connectivity index (χ3n) is 3.84. The second-order valence-corrected chi connectivity index (χ2v) is 5.32. The van der Waals surface area contributed by atoms with Crippen LogP contribution in [0.2, 0.25) is 5.15 Å². The van der Waals surface area contributed by atoms with Crippen molar-refractivity contribution in [1.82, 2.24) is 9.97 Å². The van der Waals surface area contributed by atoms with Crippen LogP contribution in [0.5, 0.6) is 5.75 Å². The number of nitrogens with zero attached hydrogens (tertiary/aromatic N) is 3.